The third-order valence-corrected chi connectivity index (χ3v) is 2.96. The number of halogens is 1. The summed E-state index contributed by atoms with van der Waals surface area (Å²) in [6, 6.07) is 2.02. The van der Waals surface area contributed by atoms with Gasteiger partial charge < -0.3 is 4.74 Å². The smallest absolute Gasteiger partial charge is 0.139 e. The van der Waals surface area contributed by atoms with Gasteiger partial charge in [0.15, 0.2) is 0 Å². The molecule has 1 aromatic rings. The van der Waals surface area contributed by atoms with Gasteiger partial charge in [-0.15, -0.1) is 0 Å². The van der Waals surface area contributed by atoms with Crippen LogP contribution in [0.2, 0.25) is 0 Å². The van der Waals surface area contributed by atoms with Gasteiger partial charge in [0.05, 0.1) is 18.0 Å². The van der Waals surface area contributed by atoms with Crippen LogP contribution in [-0.2, 0) is 5.41 Å². The minimum absolute atomic E-state index is 0.0664. The van der Waals surface area contributed by atoms with Crippen LogP contribution >= 0.6 is 15.9 Å². The van der Waals surface area contributed by atoms with Crippen LogP contribution < -0.4 is 4.74 Å². The van der Waals surface area contributed by atoms with Crippen molar-refractivity contribution in [1.82, 2.24) is 4.98 Å². The van der Waals surface area contributed by atoms with Crippen LogP contribution in [0.4, 0.5) is 0 Å². The van der Waals surface area contributed by atoms with Crippen LogP contribution in [0, 0.1) is 0 Å². The van der Waals surface area contributed by atoms with Crippen LogP contribution in [0.15, 0.2) is 16.7 Å². The summed E-state index contributed by atoms with van der Waals surface area (Å²) in [6.07, 6.45) is 4.61. The lowest BCUT2D eigenvalue weighted by Crippen LogP contribution is -2.14. The van der Waals surface area contributed by atoms with Crippen LogP contribution in [0.25, 0.3) is 0 Å². The van der Waals surface area contributed by atoms with Crippen LogP contribution in [0.5, 0.6) is 5.75 Å². The van der Waals surface area contributed by atoms with E-state index in [1.54, 1.807) is 0 Å². The molecule has 2 nitrogen and oxygen atoms in total. The lowest BCUT2D eigenvalue weighted by Gasteiger charge is -2.19. The van der Waals surface area contributed by atoms with Gasteiger partial charge in [-0.2, -0.15) is 0 Å². The molecule has 0 amide bonds. The van der Waals surface area contributed by atoms with Crippen molar-refractivity contribution in [2.45, 2.75) is 45.1 Å². The third kappa shape index (κ3) is 2.71. The average Bonchev–Trinajstić information content (AvgIpc) is 2.85. The van der Waals surface area contributed by atoms with E-state index in [0.717, 1.165) is 15.9 Å². The van der Waals surface area contributed by atoms with Gasteiger partial charge in [0.2, 0.25) is 0 Å². The highest BCUT2D eigenvalue weighted by Crippen LogP contribution is 2.32. The first-order chi connectivity index (χ1) is 6.97. The van der Waals surface area contributed by atoms with E-state index in [1.807, 2.05) is 12.3 Å². The van der Waals surface area contributed by atoms with E-state index in [9.17, 15) is 0 Å². The van der Waals surface area contributed by atoms with Crippen molar-refractivity contribution in [2.24, 2.45) is 0 Å². The zero-order valence-corrected chi connectivity index (χ0v) is 11.0. The quantitative estimate of drug-likeness (QED) is 0.817. The molecular formula is C12H16BrNO. The highest BCUT2D eigenvalue weighted by Gasteiger charge is 2.25. The Hall–Kier alpha value is -0.570. The minimum atomic E-state index is 0.0664. The van der Waals surface area contributed by atoms with Crippen LogP contribution in [0.1, 0.15) is 39.3 Å². The Labute approximate surface area is 99.2 Å². The van der Waals surface area contributed by atoms with Crippen LogP contribution in [-0.4, -0.2) is 11.1 Å². The van der Waals surface area contributed by atoms with Gasteiger partial charge in [-0.1, -0.05) is 20.8 Å². The summed E-state index contributed by atoms with van der Waals surface area (Å²) in [4.78, 5) is 4.46. The summed E-state index contributed by atoms with van der Waals surface area (Å²) in [5.41, 5.74) is 1.14. The number of nitrogens with zero attached hydrogens (tertiary/aromatic N) is 1. The largest absolute Gasteiger partial charge is 0.489 e. The predicted octanol–water partition coefficient (Wildman–Crippen LogP) is 3.68. The molecule has 0 aromatic carbocycles. The number of pyridine rings is 1. The van der Waals surface area contributed by atoms with Crippen molar-refractivity contribution in [3.8, 4) is 5.75 Å². The third-order valence-electron chi connectivity index (χ3n) is 2.35. The summed E-state index contributed by atoms with van der Waals surface area (Å²) in [5, 5.41) is 0. The van der Waals surface area contributed by atoms with Gasteiger partial charge in [0.1, 0.15) is 5.75 Å². The fourth-order valence-corrected chi connectivity index (χ4v) is 2.34. The molecule has 0 atom stereocenters. The van der Waals surface area contributed by atoms with E-state index in [4.69, 9.17) is 4.74 Å². The van der Waals surface area contributed by atoms with E-state index < -0.39 is 0 Å². The van der Waals surface area contributed by atoms with E-state index in [-0.39, 0.29) is 5.41 Å². The Morgan fingerprint density at radius 1 is 1.40 bits per heavy atom. The molecule has 0 radical (unpaired) electrons. The van der Waals surface area contributed by atoms with Crippen LogP contribution in [0.3, 0.4) is 0 Å². The highest BCUT2D eigenvalue weighted by atomic mass is 79.9. The van der Waals surface area contributed by atoms with E-state index >= 15 is 0 Å². The molecule has 1 aliphatic carbocycles. The van der Waals surface area contributed by atoms with E-state index in [2.05, 4.69) is 41.7 Å². The standard InChI is InChI=1S/C12H16BrNO/c1-12(2,3)11-10(13)6-9(7-14-11)15-8-4-5-8/h6-8H,4-5H2,1-3H3. The normalized spacial score (nSPS) is 16.5. The Balaban J connectivity index is 2.21. The van der Waals surface area contributed by atoms with Gasteiger partial charge in [-0.3, -0.25) is 4.98 Å². The van der Waals surface area contributed by atoms with Gasteiger partial charge >= 0.3 is 0 Å². The first-order valence-electron chi connectivity index (χ1n) is 5.29. The number of ether oxygens (including phenoxy) is 1. The first-order valence-corrected chi connectivity index (χ1v) is 6.09. The van der Waals surface area contributed by atoms with Crippen molar-refractivity contribution in [1.29, 1.82) is 0 Å². The summed E-state index contributed by atoms with van der Waals surface area (Å²) >= 11 is 3.55. The second-order valence-corrected chi connectivity index (χ2v) is 5.92. The molecule has 1 saturated carbocycles. The molecule has 0 unspecified atom stereocenters. The maximum atomic E-state index is 5.68. The summed E-state index contributed by atoms with van der Waals surface area (Å²) < 4.78 is 6.72. The number of hydrogen-bond donors (Lipinski definition) is 0. The molecule has 0 aliphatic heterocycles. The maximum Gasteiger partial charge on any atom is 0.139 e. The monoisotopic (exact) mass is 269 g/mol. The Kier molecular flexibility index (Phi) is 2.75. The molecule has 1 fully saturated rings. The van der Waals surface area contributed by atoms with Gasteiger partial charge in [0.25, 0.3) is 0 Å². The maximum absolute atomic E-state index is 5.68. The molecule has 3 heteroatoms. The van der Waals surface area contributed by atoms with Crippen molar-refractivity contribution in [3.63, 3.8) is 0 Å². The molecule has 1 aromatic heterocycles. The van der Waals surface area contributed by atoms with Gasteiger partial charge in [-0.05, 0) is 34.8 Å². The molecular weight excluding hydrogens is 254 g/mol. The highest BCUT2D eigenvalue weighted by molar-refractivity contribution is 9.10. The minimum Gasteiger partial charge on any atom is -0.489 e. The first kappa shape index (κ1) is 10.9. The SMILES string of the molecule is CC(C)(C)c1ncc(OC2CC2)cc1Br. The fraction of sp³-hybridized carbons (Fsp3) is 0.583. The van der Waals surface area contributed by atoms with E-state index in [0.29, 0.717) is 6.10 Å². The molecule has 15 heavy (non-hydrogen) atoms. The molecule has 1 aliphatic rings. The second-order valence-electron chi connectivity index (χ2n) is 5.07. The summed E-state index contributed by atoms with van der Waals surface area (Å²) in [7, 11) is 0. The van der Waals surface area contributed by atoms with Gasteiger partial charge in [-0.25, -0.2) is 0 Å². The average molecular weight is 270 g/mol. The van der Waals surface area contributed by atoms with Crippen molar-refractivity contribution in [2.75, 3.05) is 0 Å². The molecule has 0 N–H and O–H groups in total. The van der Waals surface area contributed by atoms with Crippen molar-refractivity contribution >= 4 is 15.9 Å². The fourth-order valence-electron chi connectivity index (χ4n) is 1.42. The molecule has 2 rings (SSSR count). The molecule has 82 valence electrons. The zero-order chi connectivity index (χ0) is 11.1. The number of rotatable bonds is 2. The van der Waals surface area contributed by atoms with Crippen molar-refractivity contribution in [3.05, 3.63) is 22.4 Å². The molecule has 0 bridgehead atoms. The Morgan fingerprint density at radius 2 is 2.07 bits per heavy atom. The second kappa shape index (κ2) is 3.78. The van der Waals surface area contributed by atoms with E-state index in [1.165, 1.54) is 12.8 Å². The van der Waals surface area contributed by atoms with Crippen molar-refractivity contribution < 1.29 is 4.74 Å². The topological polar surface area (TPSA) is 22.1 Å². The molecule has 1 heterocycles. The zero-order valence-electron chi connectivity index (χ0n) is 9.38. The predicted molar refractivity (Wildman–Crippen MR) is 64.3 cm³/mol. The Morgan fingerprint density at radius 3 is 2.53 bits per heavy atom. The number of aromatic nitrogens is 1. The lowest BCUT2D eigenvalue weighted by atomic mass is 9.92. The van der Waals surface area contributed by atoms with Gasteiger partial charge in [0, 0.05) is 9.89 Å². The molecule has 0 spiro atoms. The lowest BCUT2D eigenvalue weighted by molar-refractivity contribution is 0.301. The summed E-state index contributed by atoms with van der Waals surface area (Å²) in [6.45, 7) is 6.46. The number of hydrogen-bond acceptors (Lipinski definition) is 2. The Bertz CT molecular complexity index is 366. The molecule has 0 saturated heterocycles. The summed E-state index contributed by atoms with van der Waals surface area (Å²) in [5.74, 6) is 0.873.